The van der Waals surface area contributed by atoms with Crippen LogP contribution < -0.4 is 5.32 Å². The zero-order valence-corrected chi connectivity index (χ0v) is 16.1. The average molecular weight is 398 g/mol. The highest BCUT2D eigenvalue weighted by Gasteiger charge is 2.39. The number of nitrogens with one attached hydrogen (secondary N) is 1. The van der Waals surface area contributed by atoms with E-state index in [-0.39, 0.29) is 18.2 Å². The topological polar surface area (TPSA) is 84.3 Å². The van der Waals surface area contributed by atoms with Gasteiger partial charge in [-0.2, -0.15) is 0 Å². The molecule has 7 heteroatoms. The van der Waals surface area contributed by atoms with Gasteiger partial charge in [-0.15, -0.1) is 0 Å². The van der Waals surface area contributed by atoms with Crippen molar-refractivity contribution in [3.63, 3.8) is 0 Å². The van der Waals surface area contributed by atoms with E-state index in [1.54, 1.807) is 4.90 Å². The van der Waals surface area contributed by atoms with E-state index in [4.69, 9.17) is 0 Å². The number of imidazole rings is 1. The number of hydrogen-bond donors (Lipinski definition) is 1. The summed E-state index contributed by atoms with van der Waals surface area (Å²) in [5.41, 5.74) is 6.90. The number of fused-ring (bicyclic) bond motifs is 4. The molecule has 0 aliphatic carbocycles. The molecular formula is C23H18N4O3. The largest absolute Gasteiger partial charge is 0.326 e. The molecule has 2 aromatic carbocycles. The van der Waals surface area contributed by atoms with E-state index in [0.717, 1.165) is 29.1 Å². The van der Waals surface area contributed by atoms with Crippen LogP contribution in [0.5, 0.6) is 0 Å². The summed E-state index contributed by atoms with van der Waals surface area (Å²) in [7, 11) is 0. The predicted molar refractivity (Wildman–Crippen MR) is 108 cm³/mol. The van der Waals surface area contributed by atoms with E-state index in [1.165, 1.54) is 11.1 Å². The first-order valence-electron chi connectivity index (χ1n) is 10.0. The molecule has 0 bridgehead atoms. The van der Waals surface area contributed by atoms with Gasteiger partial charge in [0.1, 0.15) is 6.04 Å². The van der Waals surface area contributed by atoms with Crippen molar-refractivity contribution in [3.8, 4) is 22.5 Å². The van der Waals surface area contributed by atoms with Crippen molar-refractivity contribution < 1.29 is 14.4 Å². The maximum Gasteiger partial charge on any atom is 0.255 e. The predicted octanol–water partition coefficient (Wildman–Crippen LogP) is 2.34. The second-order valence-electron chi connectivity index (χ2n) is 8.00. The number of benzene rings is 2. The van der Waals surface area contributed by atoms with Crippen LogP contribution in [0.3, 0.4) is 0 Å². The van der Waals surface area contributed by atoms with Crippen molar-refractivity contribution >= 4 is 17.7 Å². The molecule has 0 spiro atoms. The van der Waals surface area contributed by atoms with Gasteiger partial charge in [-0.05, 0) is 29.7 Å². The molecule has 1 atom stereocenters. The van der Waals surface area contributed by atoms with Crippen LogP contribution in [0.25, 0.3) is 22.5 Å². The Morgan fingerprint density at radius 3 is 2.70 bits per heavy atom. The number of nitrogens with zero attached hydrogens (tertiary/aromatic N) is 3. The number of carbonyl (C=O) groups is 3. The zero-order chi connectivity index (χ0) is 20.4. The quantitative estimate of drug-likeness (QED) is 0.526. The highest BCUT2D eigenvalue weighted by molar-refractivity contribution is 6.05. The number of imide groups is 1. The molecule has 0 radical (unpaired) electrons. The van der Waals surface area contributed by atoms with Gasteiger partial charge in [0.2, 0.25) is 11.8 Å². The van der Waals surface area contributed by atoms with Crippen molar-refractivity contribution in [1.82, 2.24) is 19.8 Å². The van der Waals surface area contributed by atoms with Crippen LogP contribution in [-0.2, 0) is 22.7 Å². The molecule has 1 unspecified atom stereocenters. The second kappa shape index (κ2) is 6.13. The maximum absolute atomic E-state index is 12.9. The third-order valence-corrected chi connectivity index (χ3v) is 6.25. The van der Waals surface area contributed by atoms with Crippen molar-refractivity contribution in [3.05, 3.63) is 65.5 Å². The molecule has 1 aromatic heterocycles. The van der Waals surface area contributed by atoms with Crippen molar-refractivity contribution in [2.45, 2.75) is 32.0 Å². The minimum atomic E-state index is -0.602. The van der Waals surface area contributed by atoms with Crippen molar-refractivity contribution in [2.75, 3.05) is 0 Å². The lowest BCUT2D eigenvalue weighted by molar-refractivity contribution is -0.136. The summed E-state index contributed by atoms with van der Waals surface area (Å²) in [6, 6.07) is 13.5. The molecule has 3 aromatic rings. The Morgan fingerprint density at radius 2 is 1.83 bits per heavy atom. The molecule has 1 saturated heterocycles. The molecule has 4 heterocycles. The van der Waals surface area contributed by atoms with Gasteiger partial charge < -0.3 is 9.47 Å². The number of amides is 3. The Morgan fingerprint density at radius 1 is 0.967 bits per heavy atom. The molecule has 3 aliphatic rings. The molecule has 6 rings (SSSR count). The van der Waals surface area contributed by atoms with Crippen LogP contribution in [0.2, 0.25) is 0 Å². The first-order chi connectivity index (χ1) is 14.6. The van der Waals surface area contributed by atoms with Gasteiger partial charge in [0.05, 0.1) is 17.7 Å². The van der Waals surface area contributed by atoms with Gasteiger partial charge in [0.25, 0.3) is 5.91 Å². The highest BCUT2D eigenvalue weighted by atomic mass is 16.2. The summed E-state index contributed by atoms with van der Waals surface area (Å²) in [5, 5.41) is 2.34. The lowest BCUT2D eigenvalue weighted by Gasteiger charge is -2.29. The molecule has 1 N–H and O–H groups in total. The van der Waals surface area contributed by atoms with Gasteiger partial charge >= 0.3 is 0 Å². The Bertz CT molecular complexity index is 1260. The SMILES string of the molecule is O=C1CCC(N2Cc3cc(-c4ncn5c4-c4ccccc4C5)ccc3C2=O)C(=O)N1. The number of carbonyl (C=O) groups excluding carboxylic acids is 3. The Hall–Kier alpha value is -3.74. The third kappa shape index (κ3) is 2.38. The normalized spacial score (nSPS) is 19.5. The summed E-state index contributed by atoms with van der Waals surface area (Å²) in [4.78, 5) is 42.8. The van der Waals surface area contributed by atoms with Gasteiger partial charge in [-0.25, -0.2) is 4.98 Å². The molecule has 1 fully saturated rings. The fourth-order valence-corrected chi connectivity index (χ4v) is 4.79. The summed E-state index contributed by atoms with van der Waals surface area (Å²) in [6.45, 7) is 1.17. The summed E-state index contributed by atoms with van der Waals surface area (Å²) < 4.78 is 2.15. The van der Waals surface area contributed by atoms with Gasteiger partial charge in [-0.3, -0.25) is 19.7 Å². The molecule has 7 nitrogen and oxygen atoms in total. The smallest absolute Gasteiger partial charge is 0.255 e. The van der Waals surface area contributed by atoms with Crippen molar-refractivity contribution in [2.24, 2.45) is 0 Å². The maximum atomic E-state index is 12.9. The fourth-order valence-electron chi connectivity index (χ4n) is 4.79. The zero-order valence-electron chi connectivity index (χ0n) is 16.1. The molecule has 3 aliphatic heterocycles. The van der Waals surface area contributed by atoms with Crippen LogP contribution >= 0.6 is 0 Å². The minimum absolute atomic E-state index is 0.161. The standard InChI is InChI=1S/C23H18N4O3/c28-19-8-7-18(22(29)25-19)27-11-15-9-13(5-6-17(15)23(27)30)20-21-16-4-2-1-3-14(16)10-26(21)12-24-20/h1-6,9,12,18H,7-8,10-11H2,(H,25,28,29). The summed E-state index contributed by atoms with van der Waals surface area (Å²) in [6.07, 6.45) is 2.48. The summed E-state index contributed by atoms with van der Waals surface area (Å²) >= 11 is 0. The first-order valence-corrected chi connectivity index (χ1v) is 10.0. The van der Waals surface area contributed by atoms with Crippen LogP contribution in [0, 0.1) is 0 Å². The molecular weight excluding hydrogens is 380 g/mol. The molecule has 3 amide bonds. The van der Waals surface area contributed by atoms with Crippen LogP contribution in [-0.4, -0.2) is 38.2 Å². The van der Waals surface area contributed by atoms with E-state index in [0.29, 0.717) is 18.5 Å². The monoisotopic (exact) mass is 398 g/mol. The average Bonchev–Trinajstić information content (AvgIpc) is 3.40. The van der Waals surface area contributed by atoms with Gasteiger partial charge in [0, 0.05) is 36.2 Å². The minimum Gasteiger partial charge on any atom is -0.326 e. The Balaban J connectivity index is 1.35. The Kier molecular flexibility index (Phi) is 3.50. The third-order valence-electron chi connectivity index (χ3n) is 6.25. The lowest BCUT2D eigenvalue weighted by atomic mass is 10.00. The molecule has 0 saturated carbocycles. The van der Waals surface area contributed by atoms with Crippen LogP contribution in [0.15, 0.2) is 48.8 Å². The highest BCUT2D eigenvalue weighted by Crippen LogP contribution is 2.39. The number of hydrogen-bond acceptors (Lipinski definition) is 4. The van der Waals surface area contributed by atoms with E-state index < -0.39 is 11.9 Å². The van der Waals surface area contributed by atoms with Crippen LogP contribution in [0.4, 0.5) is 0 Å². The first kappa shape index (κ1) is 17.1. The van der Waals surface area contributed by atoms with Gasteiger partial charge in [-0.1, -0.05) is 30.3 Å². The van der Waals surface area contributed by atoms with Crippen molar-refractivity contribution in [1.29, 1.82) is 0 Å². The fraction of sp³-hybridized carbons (Fsp3) is 0.217. The van der Waals surface area contributed by atoms with E-state index in [2.05, 4.69) is 27.0 Å². The summed E-state index contributed by atoms with van der Waals surface area (Å²) in [5.74, 6) is -0.834. The van der Waals surface area contributed by atoms with E-state index in [1.807, 2.05) is 36.7 Å². The van der Waals surface area contributed by atoms with Crippen LogP contribution in [0.1, 0.15) is 34.3 Å². The second-order valence-corrected chi connectivity index (χ2v) is 8.00. The van der Waals surface area contributed by atoms with E-state index >= 15 is 0 Å². The number of piperidine rings is 1. The molecule has 30 heavy (non-hydrogen) atoms. The van der Waals surface area contributed by atoms with Gasteiger partial charge in [0.15, 0.2) is 0 Å². The Labute approximate surface area is 172 Å². The number of rotatable bonds is 2. The lowest BCUT2D eigenvalue weighted by Crippen LogP contribution is -2.52. The number of aromatic nitrogens is 2. The van der Waals surface area contributed by atoms with E-state index in [9.17, 15) is 14.4 Å². The molecule has 148 valence electrons.